The van der Waals surface area contributed by atoms with Crippen molar-refractivity contribution in [1.29, 1.82) is 0 Å². The molecule has 1 aliphatic heterocycles. The Hall–Kier alpha value is -2.04. The molecule has 2 aromatic rings. The second-order valence-electron chi connectivity index (χ2n) is 7.91. The molecule has 31 heavy (non-hydrogen) atoms. The standard InChI is InChI=1S/C22H32N6O2.HI/c1-3-23-22(27-17-11-12-20-25-15-26-28(20)14-17)24-13-16-7-6-10-19(29-2)21(16)30-18-8-4-5-9-18;/h6-7,10,15,17-18H,3-5,8-9,11-14H2,1-2H3,(H2,23,24,27);1H. The smallest absolute Gasteiger partial charge is 0.191 e. The number of fused-ring (bicyclic) bond motifs is 1. The number of nitrogens with one attached hydrogen (secondary N) is 2. The van der Waals surface area contributed by atoms with E-state index in [4.69, 9.17) is 14.5 Å². The Labute approximate surface area is 201 Å². The van der Waals surface area contributed by atoms with Crippen LogP contribution >= 0.6 is 24.0 Å². The van der Waals surface area contributed by atoms with Crippen molar-refractivity contribution in [3.63, 3.8) is 0 Å². The molecule has 1 unspecified atom stereocenters. The number of methoxy groups -OCH3 is 1. The molecular formula is C22H33IN6O2. The van der Waals surface area contributed by atoms with E-state index in [1.807, 2.05) is 16.8 Å². The van der Waals surface area contributed by atoms with Gasteiger partial charge in [-0.1, -0.05) is 12.1 Å². The van der Waals surface area contributed by atoms with Crippen LogP contribution in [0.2, 0.25) is 0 Å². The topological polar surface area (TPSA) is 85.6 Å². The van der Waals surface area contributed by atoms with Gasteiger partial charge >= 0.3 is 0 Å². The van der Waals surface area contributed by atoms with Gasteiger partial charge in [0.25, 0.3) is 0 Å². The van der Waals surface area contributed by atoms with E-state index in [0.717, 1.165) is 67.6 Å². The molecule has 1 aromatic heterocycles. The lowest BCUT2D eigenvalue weighted by Gasteiger charge is -2.25. The minimum Gasteiger partial charge on any atom is -0.493 e. The molecule has 4 rings (SSSR count). The summed E-state index contributed by atoms with van der Waals surface area (Å²) in [6, 6.07) is 6.30. The minimum atomic E-state index is 0. The van der Waals surface area contributed by atoms with Gasteiger partial charge in [-0.25, -0.2) is 14.7 Å². The Balaban J connectivity index is 0.00000272. The molecule has 2 aliphatic rings. The second kappa shape index (κ2) is 11.5. The first-order valence-electron chi connectivity index (χ1n) is 11.0. The third-order valence-corrected chi connectivity index (χ3v) is 5.77. The summed E-state index contributed by atoms with van der Waals surface area (Å²) in [5.74, 6) is 3.47. The number of para-hydroxylation sites is 1. The Kier molecular flexibility index (Phi) is 8.79. The van der Waals surface area contributed by atoms with Gasteiger partial charge in [-0.2, -0.15) is 5.10 Å². The molecule has 0 spiro atoms. The third kappa shape index (κ3) is 6.02. The number of aromatic nitrogens is 3. The zero-order chi connectivity index (χ0) is 20.8. The van der Waals surface area contributed by atoms with Gasteiger partial charge in [0.05, 0.1) is 26.3 Å². The molecule has 1 saturated carbocycles. The molecule has 2 N–H and O–H groups in total. The maximum Gasteiger partial charge on any atom is 0.191 e. The summed E-state index contributed by atoms with van der Waals surface area (Å²) >= 11 is 0. The van der Waals surface area contributed by atoms with Gasteiger partial charge in [-0.3, -0.25) is 0 Å². The van der Waals surface area contributed by atoms with Crippen LogP contribution in [0.15, 0.2) is 29.5 Å². The molecule has 1 atom stereocenters. The third-order valence-electron chi connectivity index (χ3n) is 5.77. The molecule has 9 heteroatoms. The number of rotatable bonds is 7. The molecule has 1 aromatic carbocycles. The first-order chi connectivity index (χ1) is 14.8. The lowest BCUT2D eigenvalue weighted by molar-refractivity contribution is 0.198. The van der Waals surface area contributed by atoms with E-state index in [2.05, 4.69) is 33.7 Å². The summed E-state index contributed by atoms with van der Waals surface area (Å²) in [4.78, 5) is 9.15. The average Bonchev–Trinajstić information content (AvgIpc) is 3.44. The average molecular weight is 540 g/mol. The molecule has 0 saturated heterocycles. The van der Waals surface area contributed by atoms with E-state index in [9.17, 15) is 0 Å². The summed E-state index contributed by atoms with van der Waals surface area (Å²) < 4.78 is 13.9. The summed E-state index contributed by atoms with van der Waals surface area (Å²) in [5.41, 5.74) is 1.04. The van der Waals surface area contributed by atoms with Crippen molar-refractivity contribution in [2.45, 2.75) is 70.7 Å². The van der Waals surface area contributed by atoms with Crippen LogP contribution in [0.1, 0.15) is 50.4 Å². The van der Waals surface area contributed by atoms with Gasteiger partial charge in [0.15, 0.2) is 17.5 Å². The van der Waals surface area contributed by atoms with Crippen molar-refractivity contribution in [3.8, 4) is 11.5 Å². The summed E-state index contributed by atoms with van der Waals surface area (Å²) in [6.07, 6.45) is 8.52. The minimum absolute atomic E-state index is 0. The summed E-state index contributed by atoms with van der Waals surface area (Å²) in [6.45, 7) is 4.20. The number of benzene rings is 1. The highest BCUT2D eigenvalue weighted by Crippen LogP contribution is 2.35. The predicted molar refractivity (Wildman–Crippen MR) is 131 cm³/mol. The highest BCUT2D eigenvalue weighted by atomic mass is 127. The van der Waals surface area contributed by atoms with E-state index in [0.29, 0.717) is 6.54 Å². The van der Waals surface area contributed by atoms with Gasteiger partial charge in [0.2, 0.25) is 0 Å². The van der Waals surface area contributed by atoms with E-state index in [-0.39, 0.29) is 36.1 Å². The quantitative estimate of drug-likeness (QED) is 0.319. The Bertz CT molecular complexity index is 865. The van der Waals surface area contributed by atoms with Gasteiger partial charge in [0, 0.05) is 24.6 Å². The van der Waals surface area contributed by atoms with E-state index >= 15 is 0 Å². The molecule has 1 fully saturated rings. The first-order valence-corrected chi connectivity index (χ1v) is 11.0. The van der Waals surface area contributed by atoms with Crippen LogP contribution in [-0.2, 0) is 19.5 Å². The molecule has 170 valence electrons. The Morgan fingerprint density at radius 1 is 1.26 bits per heavy atom. The van der Waals surface area contributed by atoms with Crippen molar-refractivity contribution >= 4 is 29.9 Å². The van der Waals surface area contributed by atoms with Crippen molar-refractivity contribution in [1.82, 2.24) is 25.4 Å². The number of halogens is 1. The van der Waals surface area contributed by atoms with Crippen LogP contribution in [0.4, 0.5) is 0 Å². The largest absolute Gasteiger partial charge is 0.493 e. The zero-order valence-electron chi connectivity index (χ0n) is 18.3. The molecule has 2 heterocycles. The fourth-order valence-electron chi connectivity index (χ4n) is 4.19. The van der Waals surface area contributed by atoms with Gasteiger partial charge < -0.3 is 20.1 Å². The summed E-state index contributed by atoms with van der Waals surface area (Å²) in [5, 5.41) is 11.2. The van der Waals surface area contributed by atoms with Crippen LogP contribution in [0.25, 0.3) is 0 Å². The molecule has 1 aliphatic carbocycles. The molecule has 0 amide bonds. The number of ether oxygens (including phenoxy) is 2. The number of guanidine groups is 1. The zero-order valence-corrected chi connectivity index (χ0v) is 20.7. The summed E-state index contributed by atoms with van der Waals surface area (Å²) in [7, 11) is 1.69. The maximum atomic E-state index is 6.35. The second-order valence-corrected chi connectivity index (χ2v) is 7.91. The van der Waals surface area contributed by atoms with Crippen LogP contribution in [-0.4, -0.2) is 46.5 Å². The SMILES string of the molecule is CCNC(=NCc1cccc(OC)c1OC1CCCC1)NC1CCc2ncnn2C1.I. The number of aliphatic imine (C=N–C) groups is 1. The number of aryl methyl sites for hydroxylation is 1. The normalized spacial score (nSPS) is 18.8. The fraction of sp³-hybridized carbons (Fsp3) is 0.591. The lowest BCUT2D eigenvalue weighted by Crippen LogP contribution is -2.47. The van der Waals surface area contributed by atoms with E-state index in [1.54, 1.807) is 13.4 Å². The van der Waals surface area contributed by atoms with Crippen molar-refractivity contribution < 1.29 is 9.47 Å². The molecule has 8 nitrogen and oxygen atoms in total. The van der Waals surface area contributed by atoms with Crippen LogP contribution in [0.5, 0.6) is 11.5 Å². The molecule has 0 bridgehead atoms. The van der Waals surface area contributed by atoms with E-state index < -0.39 is 0 Å². The fourth-order valence-corrected chi connectivity index (χ4v) is 4.19. The number of hydrogen-bond acceptors (Lipinski definition) is 5. The highest BCUT2D eigenvalue weighted by Gasteiger charge is 2.22. The molecule has 0 radical (unpaired) electrons. The van der Waals surface area contributed by atoms with Crippen LogP contribution in [0, 0.1) is 0 Å². The highest BCUT2D eigenvalue weighted by molar-refractivity contribution is 14.0. The van der Waals surface area contributed by atoms with Gasteiger partial charge in [-0.05, 0) is 45.1 Å². The lowest BCUT2D eigenvalue weighted by atomic mass is 10.1. The monoisotopic (exact) mass is 540 g/mol. The maximum absolute atomic E-state index is 6.35. The Morgan fingerprint density at radius 3 is 2.87 bits per heavy atom. The van der Waals surface area contributed by atoms with Crippen LogP contribution < -0.4 is 20.1 Å². The number of hydrogen-bond donors (Lipinski definition) is 2. The van der Waals surface area contributed by atoms with Gasteiger partial charge in [-0.15, -0.1) is 24.0 Å². The first kappa shape index (κ1) is 23.6. The van der Waals surface area contributed by atoms with Crippen molar-refractivity contribution in [3.05, 3.63) is 35.9 Å². The van der Waals surface area contributed by atoms with E-state index in [1.165, 1.54) is 12.8 Å². The number of nitrogens with zero attached hydrogens (tertiary/aromatic N) is 4. The van der Waals surface area contributed by atoms with Crippen molar-refractivity contribution in [2.75, 3.05) is 13.7 Å². The Morgan fingerprint density at radius 2 is 2.10 bits per heavy atom. The van der Waals surface area contributed by atoms with Crippen molar-refractivity contribution in [2.24, 2.45) is 4.99 Å². The predicted octanol–water partition coefficient (Wildman–Crippen LogP) is 3.30. The molecular weight excluding hydrogens is 507 g/mol. The van der Waals surface area contributed by atoms with Gasteiger partial charge in [0.1, 0.15) is 12.2 Å². The van der Waals surface area contributed by atoms with Crippen LogP contribution in [0.3, 0.4) is 0 Å².